The number of likely N-dealkylation sites (N-methyl/N-ethyl adjacent to an activating group) is 1. The molecule has 2 aliphatic heterocycles. The molecule has 0 bridgehead atoms. The van der Waals surface area contributed by atoms with Crippen molar-refractivity contribution in [2.45, 2.75) is 38.5 Å². The van der Waals surface area contributed by atoms with E-state index < -0.39 is 0 Å². The minimum absolute atomic E-state index is 0.0122. The number of anilines is 1. The maximum Gasteiger partial charge on any atom is 0.209 e. The van der Waals surface area contributed by atoms with Crippen LogP contribution >= 0.6 is 0 Å². The Hall–Kier alpha value is -2.87. The third-order valence-corrected chi connectivity index (χ3v) is 7.03. The molecule has 3 aliphatic rings. The Morgan fingerprint density at radius 1 is 0.793 bits per heavy atom. The number of rotatable bonds is 1. The fraction of sp³-hybridized carbons (Fsp3) is 0.296. The van der Waals surface area contributed by atoms with Crippen molar-refractivity contribution in [2.24, 2.45) is 0 Å². The minimum atomic E-state index is -0.0122. The average Bonchev–Trinajstić information content (AvgIpc) is 3.28. The number of para-hydroxylation sites is 2. The first-order valence-corrected chi connectivity index (χ1v) is 10.4. The molecule has 0 fully saturated rings. The largest absolute Gasteiger partial charge is 0.347 e. The minimum Gasteiger partial charge on any atom is -0.347 e. The molecule has 1 aliphatic carbocycles. The fourth-order valence-corrected chi connectivity index (χ4v) is 5.77. The molecule has 29 heavy (non-hydrogen) atoms. The first-order chi connectivity index (χ1) is 13.7. The van der Waals surface area contributed by atoms with Crippen LogP contribution in [0.3, 0.4) is 0 Å². The predicted molar refractivity (Wildman–Crippen MR) is 122 cm³/mol. The lowest BCUT2D eigenvalue weighted by molar-refractivity contribution is -0.401. The van der Waals surface area contributed by atoms with Gasteiger partial charge in [-0.1, -0.05) is 56.3 Å². The number of hydrogen-bond acceptors (Lipinski definition) is 1. The highest BCUT2D eigenvalue weighted by atomic mass is 15.2. The molecule has 2 heteroatoms. The van der Waals surface area contributed by atoms with Gasteiger partial charge < -0.3 is 4.90 Å². The van der Waals surface area contributed by atoms with E-state index >= 15 is 0 Å². The molecule has 2 aromatic rings. The summed E-state index contributed by atoms with van der Waals surface area (Å²) < 4.78 is 2.37. The van der Waals surface area contributed by atoms with Gasteiger partial charge in [-0.3, -0.25) is 0 Å². The third kappa shape index (κ3) is 2.32. The predicted octanol–water partition coefficient (Wildman–Crippen LogP) is 5.87. The number of hydrogen-bond donors (Lipinski definition) is 0. The van der Waals surface area contributed by atoms with Crippen LogP contribution in [-0.4, -0.2) is 24.4 Å². The number of nitrogens with zero attached hydrogens (tertiary/aromatic N) is 2. The van der Waals surface area contributed by atoms with Gasteiger partial charge in [0.05, 0.1) is 5.41 Å². The van der Waals surface area contributed by atoms with Crippen LogP contribution in [0, 0.1) is 0 Å². The first kappa shape index (κ1) is 18.2. The zero-order valence-corrected chi connectivity index (χ0v) is 18.2. The Morgan fingerprint density at radius 3 is 2.14 bits per heavy atom. The van der Waals surface area contributed by atoms with Gasteiger partial charge >= 0.3 is 0 Å². The molecule has 146 valence electrons. The van der Waals surface area contributed by atoms with Gasteiger partial charge in [0, 0.05) is 41.1 Å². The zero-order valence-electron chi connectivity index (χ0n) is 18.2. The summed E-state index contributed by atoms with van der Waals surface area (Å²) in [7, 11) is 4.40. The van der Waals surface area contributed by atoms with E-state index in [2.05, 4.69) is 118 Å². The molecular formula is C27H29N2+. The van der Waals surface area contributed by atoms with Crippen molar-refractivity contribution >= 4 is 17.1 Å². The monoisotopic (exact) mass is 381 g/mol. The highest BCUT2D eigenvalue weighted by molar-refractivity contribution is 6.10. The summed E-state index contributed by atoms with van der Waals surface area (Å²) >= 11 is 0. The van der Waals surface area contributed by atoms with E-state index in [4.69, 9.17) is 0 Å². The summed E-state index contributed by atoms with van der Waals surface area (Å²) in [6.07, 6.45) is 6.99. The van der Waals surface area contributed by atoms with Gasteiger partial charge in [-0.25, -0.2) is 0 Å². The lowest BCUT2D eigenvalue weighted by atomic mass is 9.79. The average molecular weight is 382 g/mol. The quantitative estimate of drug-likeness (QED) is 0.560. The second kappa shape index (κ2) is 5.82. The topological polar surface area (TPSA) is 6.25 Å². The molecule has 2 nitrogen and oxygen atoms in total. The van der Waals surface area contributed by atoms with Crippen LogP contribution in [-0.2, 0) is 10.8 Å². The molecule has 2 aromatic carbocycles. The Morgan fingerprint density at radius 2 is 1.45 bits per heavy atom. The summed E-state index contributed by atoms with van der Waals surface area (Å²) in [4.78, 5) is 2.37. The van der Waals surface area contributed by atoms with Gasteiger partial charge in [-0.15, -0.1) is 0 Å². The maximum atomic E-state index is 2.39. The van der Waals surface area contributed by atoms with Crippen LogP contribution in [0.5, 0.6) is 0 Å². The first-order valence-electron chi connectivity index (χ1n) is 10.4. The molecule has 5 rings (SSSR count). The summed E-state index contributed by atoms with van der Waals surface area (Å²) in [5, 5.41) is 0. The second-order valence-electron chi connectivity index (χ2n) is 9.49. The normalized spacial score (nSPS) is 23.5. The van der Waals surface area contributed by atoms with Crippen molar-refractivity contribution < 1.29 is 4.58 Å². The molecule has 0 atom stereocenters. The molecule has 2 heterocycles. The standard InChI is InChI=1S/C27H29N2/c1-26(2)20-11-7-9-13-22(20)28(5)24(26)18-15-16-19(17-18)25-27(3,4)21-12-8-10-14-23(21)29(25)6/h7-17H,1-6H3/q+1. The van der Waals surface area contributed by atoms with E-state index in [-0.39, 0.29) is 10.8 Å². The molecule has 0 spiro atoms. The Labute approximate surface area is 174 Å². The third-order valence-electron chi connectivity index (χ3n) is 7.03. The van der Waals surface area contributed by atoms with E-state index in [1.54, 1.807) is 0 Å². The van der Waals surface area contributed by atoms with Gasteiger partial charge in [0.25, 0.3) is 0 Å². The Bertz CT molecular complexity index is 1170. The number of allylic oxidation sites excluding steroid dienone is 6. The zero-order chi connectivity index (χ0) is 20.6. The van der Waals surface area contributed by atoms with Crippen molar-refractivity contribution in [1.29, 1.82) is 0 Å². The molecule has 0 radical (unpaired) electrons. The summed E-state index contributed by atoms with van der Waals surface area (Å²) in [6, 6.07) is 17.6. The van der Waals surface area contributed by atoms with E-state index in [1.807, 2.05) is 0 Å². The van der Waals surface area contributed by atoms with Crippen LogP contribution < -0.4 is 4.90 Å². The lowest BCUT2D eigenvalue weighted by Crippen LogP contribution is -2.29. The van der Waals surface area contributed by atoms with E-state index in [0.717, 1.165) is 0 Å². The van der Waals surface area contributed by atoms with Crippen LogP contribution in [0.25, 0.3) is 0 Å². The SMILES string of the molecule is CN1C(=C2C=CC(C3=[N+](C)c4ccccc4C3(C)C)=C2)C(C)(C)c2ccccc21. The summed E-state index contributed by atoms with van der Waals surface area (Å²) in [5.74, 6) is 0. The van der Waals surface area contributed by atoms with Crippen molar-refractivity contribution in [3.63, 3.8) is 0 Å². The molecule has 0 saturated heterocycles. The van der Waals surface area contributed by atoms with Crippen molar-refractivity contribution in [3.8, 4) is 0 Å². The second-order valence-corrected chi connectivity index (χ2v) is 9.49. The molecule has 0 aromatic heterocycles. The van der Waals surface area contributed by atoms with Crippen molar-refractivity contribution in [1.82, 2.24) is 0 Å². The van der Waals surface area contributed by atoms with Crippen LogP contribution in [0.4, 0.5) is 11.4 Å². The van der Waals surface area contributed by atoms with E-state index in [1.165, 1.54) is 45.1 Å². The highest BCUT2D eigenvalue weighted by Crippen LogP contribution is 2.49. The van der Waals surface area contributed by atoms with Crippen LogP contribution in [0.1, 0.15) is 38.8 Å². The summed E-state index contributed by atoms with van der Waals surface area (Å²) in [6.45, 7) is 9.36. The molecule has 0 N–H and O–H groups in total. The van der Waals surface area contributed by atoms with E-state index in [0.29, 0.717) is 0 Å². The smallest absolute Gasteiger partial charge is 0.209 e. The van der Waals surface area contributed by atoms with Crippen molar-refractivity contribution in [2.75, 3.05) is 19.0 Å². The molecule has 0 unspecified atom stereocenters. The molecular weight excluding hydrogens is 352 g/mol. The van der Waals surface area contributed by atoms with Gasteiger partial charge in [-0.2, -0.15) is 4.58 Å². The van der Waals surface area contributed by atoms with Gasteiger partial charge in [0.15, 0.2) is 5.71 Å². The summed E-state index contributed by atoms with van der Waals surface area (Å²) in [5.41, 5.74) is 10.8. The fourth-order valence-electron chi connectivity index (χ4n) is 5.77. The lowest BCUT2D eigenvalue weighted by Gasteiger charge is -2.25. The Balaban J connectivity index is 1.65. The van der Waals surface area contributed by atoms with Crippen LogP contribution in [0.2, 0.25) is 0 Å². The van der Waals surface area contributed by atoms with Gasteiger partial charge in [0.2, 0.25) is 5.69 Å². The van der Waals surface area contributed by atoms with E-state index in [9.17, 15) is 0 Å². The van der Waals surface area contributed by atoms with Gasteiger partial charge in [-0.05, 0) is 43.2 Å². The Kier molecular flexibility index (Phi) is 3.65. The molecule has 0 saturated carbocycles. The number of benzene rings is 2. The highest BCUT2D eigenvalue weighted by Gasteiger charge is 2.46. The number of fused-ring (bicyclic) bond motifs is 2. The van der Waals surface area contributed by atoms with Crippen molar-refractivity contribution in [3.05, 3.63) is 94.7 Å². The maximum absolute atomic E-state index is 2.39. The van der Waals surface area contributed by atoms with Gasteiger partial charge in [0.1, 0.15) is 7.05 Å². The van der Waals surface area contributed by atoms with Crippen LogP contribution in [0.15, 0.2) is 83.6 Å². The molecule has 0 amide bonds.